The van der Waals surface area contributed by atoms with Crippen molar-refractivity contribution < 1.29 is 19.4 Å². The van der Waals surface area contributed by atoms with Crippen LogP contribution in [0, 0.1) is 0 Å². The molecule has 2 aromatic rings. The maximum absolute atomic E-state index is 12.0. The lowest BCUT2D eigenvalue weighted by Gasteiger charge is -2.18. The zero-order chi connectivity index (χ0) is 20.4. The van der Waals surface area contributed by atoms with E-state index in [9.17, 15) is 14.7 Å². The van der Waals surface area contributed by atoms with Crippen LogP contribution in [-0.4, -0.2) is 48.8 Å². The predicted octanol–water partition coefficient (Wildman–Crippen LogP) is 0.862. The lowest BCUT2D eigenvalue weighted by atomic mass is 10.1. The van der Waals surface area contributed by atoms with Crippen molar-refractivity contribution in [3.8, 4) is 5.75 Å². The highest BCUT2D eigenvalue weighted by Crippen LogP contribution is 2.17. The van der Waals surface area contributed by atoms with Gasteiger partial charge in [-0.2, -0.15) is 0 Å². The third-order valence-electron chi connectivity index (χ3n) is 4.10. The number of amides is 2. The molecular formula is C21H27N3O4. The number of para-hydroxylation sites is 1. The summed E-state index contributed by atoms with van der Waals surface area (Å²) in [4.78, 5) is 23.3. The van der Waals surface area contributed by atoms with Crippen molar-refractivity contribution in [1.82, 2.24) is 10.6 Å². The van der Waals surface area contributed by atoms with Crippen LogP contribution in [0.5, 0.6) is 5.75 Å². The molecule has 0 radical (unpaired) electrons. The van der Waals surface area contributed by atoms with Gasteiger partial charge in [-0.05, 0) is 24.6 Å². The summed E-state index contributed by atoms with van der Waals surface area (Å²) in [6.45, 7) is 2.67. The lowest BCUT2D eigenvalue weighted by Crippen LogP contribution is -2.43. The molecule has 5 N–H and O–H groups in total. The first-order valence-electron chi connectivity index (χ1n) is 9.19. The Balaban J connectivity index is 1.66. The molecule has 0 aromatic heterocycles. The Kier molecular flexibility index (Phi) is 8.45. The van der Waals surface area contributed by atoms with E-state index in [0.717, 1.165) is 5.56 Å². The fourth-order valence-corrected chi connectivity index (χ4v) is 2.56. The number of primary amides is 1. The third-order valence-corrected chi connectivity index (χ3v) is 4.10. The summed E-state index contributed by atoms with van der Waals surface area (Å²) in [5.74, 6) is -0.287. The number of hydrogen-bond acceptors (Lipinski definition) is 5. The van der Waals surface area contributed by atoms with E-state index in [1.54, 1.807) is 24.3 Å². The highest BCUT2D eigenvalue weighted by Gasteiger charge is 2.12. The molecule has 2 rings (SSSR count). The first-order valence-corrected chi connectivity index (χ1v) is 9.19. The first-order chi connectivity index (χ1) is 13.5. The van der Waals surface area contributed by atoms with Gasteiger partial charge >= 0.3 is 0 Å². The van der Waals surface area contributed by atoms with Crippen molar-refractivity contribution in [2.24, 2.45) is 5.73 Å². The molecule has 2 amide bonds. The van der Waals surface area contributed by atoms with Crippen molar-refractivity contribution in [3.63, 3.8) is 0 Å². The molecule has 2 unspecified atom stereocenters. The Morgan fingerprint density at radius 2 is 1.75 bits per heavy atom. The van der Waals surface area contributed by atoms with Crippen molar-refractivity contribution in [3.05, 3.63) is 65.7 Å². The van der Waals surface area contributed by atoms with E-state index in [1.165, 1.54) is 0 Å². The predicted molar refractivity (Wildman–Crippen MR) is 107 cm³/mol. The standard InChI is InChI=1S/C21H27N3O4/c1-15(12-24-20(26)11-16-7-3-2-4-8-16)23-13-17(25)14-28-19-10-6-5-9-18(19)21(22)27/h2-10,15,17,23,25H,11-14H2,1H3,(H2,22,27)(H,24,26). The largest absolute Gasteiger partial charge is 0.490 e. The average Bonchev–Trinajstić information content (AvgIpc) is 2.70. The molecule has 0 saturated carbocycles. The highest BCUT2D eigenvalue weighted by atomic mass is 16.5. The lowest BCUT2D eigenvalue weighted by molar-refractivity contribution is -0.120. The average molecular weight is 385 g/mol. The van der Waals surface area contributed by atoms with Crippen LogP contribution < -0.4 is 21.1 Å². The molecule has 0 spiro atoms. The van der Waals surface area contributed by atoms with Crippen LogP contribution in [-0.2, 0) is 11.2 Å². The van der Waals surface area contributed by atoms with E-state index in [4.69, 9.17) is 10.5 Å². The smallest absolute Gasteiger partial charge is 0.252 e. The summed E-state index contributed by atoms with van der Waals surface area (Å²) >= 11 is 0. The van der Waals surface area contributed by atoms with E-state index in [-0.39, 0.29) is 30.7 Å². The SMILES string of the molecule is CC(CNC(=O)Cc1ccccc1)NCC(O)COc1ccccc1C(N)=O. The van der Waals surface area contributed by atoms with Crippen molar-refractivity contribution in [2.45, 2.75) is 25.5 Å². The fourth-order valence-electron chi connectivity index (χ4n) is 2.56. The Labute approximate surface area is 164 Å². The van der Waals surface area contributed by atoms with Gasteiger partial charge < -0.3 is 26.2 Å². The quantitative estimate of drug-likeness (QED) is 0.458. The first kappa shape index (κ1) is 21.4. The maximum atomic E-state index is 12.0. The third kappa shape index (κ3) is 7.38. The molecule has 0 heterocycles. The molecule has 0 saturated heterocycles. The van der Waals surface area contributed by atoms with Gasteiger partial charge in [-0.1, -0.05) is 42.5 Å². The van der Waals surface area contributed by atoms with Crippen molar-refractivity contribution in [1.29, 1.82) is 0 Å². The number of nitrogens with two attached hydrogens (primary N) is 1. The Morgan fingerprint density at radius 3 is 2.46 bits per heavy atom. The number of aliphatic hydroxyl groups excluding tert-OH is 1. The zero-order valence-electron chi connectivity index (χ0n) is 15.9. The summed E-state index contributed by atoms with van der Waals surface area (Å²) in [6, 6.07) is 16.1. The van der Waals surface area contributed by atoms with Crippen molar-refractivity contribution in [2.75, 3.05) is 19.7 Å². The topological polar surface area (TPSA) is 114 Å². The molecule has 0 fully saturated rings. The Morgan fingerprint density at radius 1 is 1.07 bits per heavy atom. The van der Waals surface area contributed by atoms with Crippen molar-refractivity contribution >= 4 is 11.8 Å². The number of nitrogens with one attached hydrogen (secondary N) is 2. The van der Waals surface area contributed by atoms with Gasteiger partial charge in [0.05, 0.1) is 12.0 Å². The summed E-state index contributed by atoms with van der Waals surface area (Å²) in [7, 11) is 0. The molecule has 150 valence electrons. The highest BCUT2D eigenvalue weighted by molar-refractivity contribution is 5.95. The van der Waals surface area contributed by atoms with Gasteiger partial charge in [-0.15, -0.1) is 0 Å². The Bertz CT molecular complexity index is 767. The van der Waals surface area contributed by atoms with Crippen LogP contribution in [0.4, 0.5) is 0 Å². The van der Waals surface area contributed by atoms with E-state index in [2.05, 4.69) is 10.6 Å². The summed E-state index contributed by atoms with van der Waals surface area (Å²) in [5.41, 5.74) is 6.53. The molecule has 7 heteroatoms. The summed E-state index contributed by atoms with van der Waals surface area (Å²) < 4.78 is 5.50. The zero-order valence-corrected chi connectivity index (χ0v) is 15.9. The van der Waals surface area contributed by atoms with Crippen LogP contribution in [0.15, 0.2) is 54.6 Å². The van der Waals surface area contributed by atoms with E-state index >= 15 is 0 Å². The number of ether oxygens (including phenoxy) is 1. The van der Waals surface area contributed by atoms with Gasteiger partial charge in [-0.3, -0.25) is 9.59 Å². The second-order valence-corrected chi connectivity index (χ2v) is 6.60. The number of hydrogen-bond donors (Lipinski definition) is 4. The molecule has 2 atom stereocenters. The van der Waals surface area contributed by atoms with E-state index < -0.39 is 12.0 Å². The molecule has 0 aliphatic heterocycles. The summed E-state index contributed by atoms with van der Waals surface area (Å²) in [5, 5.41) is 16.1. The second-order valence-electron chi connectivity index (χ2n) is 6.60. The van der Waals surface area contributed by atoms with E-state index in [0.29, 0.717) is 18.7 Å². The second kappa shape index (κ2) is 11.1. The van der Waals surface area contributed by atoms with Gasteiger partial charge in [0.1, 0.15) is 18.5 Å². The van der Waals surface area contributed by atoms with Gasteiger partial charge in [0.15, 0.2) is 0 Å². The minimum Gasteiger partial charge on any atom is -0.490 e. The maximum Gasteiger partial charge on any atom is 0.252 e. The van der Waals surface area contributed by atoms with Gasteiger partial charge in [0, 0.05) is 19.1 Å². The van der Waals surface area contributed by atoms with Gasteiger partial charge in [0.2, 0.25) is 5.91 Å². The minimum absolute atomic E-state index is 0.0182. The molecule has 0 aliphatic carbocycles. The number of rotatable bonds is 11. The summed E-state index contributed by atoms with van der Waals surface area (Å²) in [6.07, 6.45) is -0.438. The van der Waals surface area contributed by atoms with Gasteiger partial charge in [0.25, 0.3) is 5.91 Å². The van der Waals surface area contributed by atoms with Crippen LogP contribution in [0.3, 0.4) is 0 Å². The number of carbonyl (C=O) groups excluding carboxylic acids is 2. The monoisotopic (exact) mass is 385 g/mol. The fraction of sp³-hybridized carbons (Fsp3) is 0.333. The molecule has 28 heavy (non-hydrogen) atoms. The number of benzene rings is 2. The minimum atomic E-state index is -0.775. The van der Waals surface area contributed by atoms with Crippen LogP contribution >= 0.6 is 0 Å². The number of aliphatic hydroxyl groups is 1. The normalized spacial score (nSPS) is 12.8. The Hall–Kier alpha value is -2.90. The molecule has 0 bridgehead atoms. The molecule has 0 aliphatic rings. The van der Waals surface area contributed by atoms with E-state index in [1.807, 2.05) is 37.3 Å². The van der Waals surface area contributed by atoms with Gasteiger partial charge in [-0.25, -0.2) is 0 Å². The molecular weight excluding hydrogens is 358 g/mol. The number of carbonyl (C=O) groups is 2. The van der Waals surface area contributed by atoms with Crippen LogP contribution in [0.25, 0.3) is 0 Å². The van der Waals surface area contributed by atoms with Crippen LogP contribution in [0.1, 0.15) is 22.8 Å². The molecule has 7 nitrogen and oxygen atoms in total. The van der Waals surface area contributed by atoms with Crippen LogP contribution in [0.2, 0.25) is 0 Å². The molecule has 2 aromatic carbocycles.